The van der Waals surface area contributed by atoms with Crippen LogP contribution in [-0.2, 0) is 19.3 Å². The number of aryl methyl sites for hydroxylation is 3. The Morgan fingerprint density at radius 1 is 1.30 bits per heavy atom. The number of hydrogen-bond acceptors (Lipinski definition) is 3. The zero-order valence-electron chi connectivity index (χ0n) is 12.4. The number of rotatable bonds is 6. The molecule has 0 spiro atoms. The van der Waals surface area contributed by atoms with Gasteiger partial charge in [-0.3, -0.25) is 0 Å². The highest BCUT2D eigenvalue weighted by Crippen LogP contribution is 2.36. The summed E-state index contributed by atoms with van der Waals surface area (Å²) in [7, 11) is 0. The van der Waals surface area contributed by atoms with Gasteiger partial charge in [0.15, 0.2) is 0 Å². The van der Waals surface area contributed by atoms with Crippen molar-refractivity contribution in [1.29, 1.82) is 0 Å². The molecule has 3 rings (SSSR count). The van der Waals surface area contributed by atoms with Gasteiger partial charge >= 0.3 is 0 Å². The second-order valence-electron chi connectivity index (χ2n) is 5.50. The second-order valence-corrected chi connectivity index (χ2v) is 6.66. The molecule has 2 aromatic rings. The molecule has 20 heavy (non-hydrogen) atoms. The standard InChI is InChI=1S/C17H23NOS/c1-3-10-18-17(14-9-8-13(4-2)19-14)16-11-12-6-5-7-15(12)20-16/h8-9,11,17-18H,3-7,10H2,1-2H3. The van der Waals surface area contributed by atoms with E-state index in [-0.39, 0.29) is 6.04 Å². The Morgan fingerprint density at radius 3 is 2.90 bits per heavy atom. The molecule has 0 aliphatic heterocycles. The van der Waals surface area contributed by atoms with Gasteiger partial charge in [0, 0.05) is 16.2 Å². The Hall–Kier alpha value is -1.06. The van der Waals surface area contributed by atoms with Gasteiger partial charge in [0.1, 0.15) is 17.6 Å². The molecule has 0 amide bonds. The lowest BCUT2D eigenvalue weighted by molar-refractivity contribution is 0.424. The molecule has 1 aliphatic rings. The van der Waals surface area contributed by atoms with Gasteiger partial charge in [0.2, 0.25) is 0 Å². The van der Waals surface area contributed by atoms with Crippen molar-refractivity contribution < 1.29 is 4.42 Å². The van der Waals surface area contributed by atoms with E-state index in [2.05, 4.69) is 37.4 Å². The molecule has 1 unspecified atom stereocenters. The van der Waals surface area contributed by atoms with Crippen LogP contribution in [0.2, 0.25) is 0 Å². The third kappa shape index (κ3) is 2.70. The summed E-state index contributed by atoms with van der Waals surface area (Å²) in [5, 5.41) is 3.64. The second kappa shape index (κ2) is 6.15. The predicted octanol–water partition coefficient (Wildman–Crippen LogP) is 4.48. The van der Waals surface area contributed by atoms with Crippen LogP contribution in [0.15, 0.2) is 22.6 Å². The molecule has 2 heterocycles. The highest BCUT2D eigenvalue weighted by Gasteiger charge is 2.23. The Kier molecular flexibility index (Phi) is 4.27. The highest BCUT2D eigenvalue weighted by atomic mass is 32.1. The van der Waals surface area contributed by atoms with Crippen LogP contribution in [0.25, 0.3) is 0 Å². The SMILES string of the molecule is CCCNC(c1ccc(CC)o1)c1cc2c(s1)CCC2. The Balaban J connectivity index is 1.88. The van der Waals surface area contributed by atoms with E-state index in [0.29, 0.717) is 0 Å². The fraction of sp³-hybridized carbons (Fsp3) is 0.529. The fourth-order valence-corrected chi connectivity index (χ4v) is 4.21. The van der Waals surface area contributed by atoms with E-state index in [9.17, 15) is 0 Å². The lowest BCUT2D eigenvalue weighted by Gasteiger charge is -2.15. The van der Waals surface area contributed by atoms with Crippen LogP contribution in [-0.4, -0.2) is 6.54 Å². The molecular weight excluding hydrogens is 266 g/mol. The first-order valence-corrected chi connectivity index (χ1v) is 8.57. The number of furan rings is 1. The monoisotopic (exact) mass is 289 g/mol. The van der Waals surface area contributed by atoms with Crippen molar-refractivity contribution >= 4 is 11.3 Å². The summed E-state index contributed by atoms with van der Waals surface area (Å²) < 4.78 is 5.99. The molecular formula is C17H23NOS. The van der Waals surface area contributed by atoms with Gasteiger partial charge in [-0.25, -0.2) is 0 Å². The van der Waals surface area contributed by atoms with Crippen molar-refractivity contribution in [3.05, 3.63) is 45.0 Å². The average molecular weight is 289 g/mol. The maximum Gasteiger partial charge on any atom is 0.126 e. The van der Waals surface area contributed by atoms with Crippen molar-refractivity contribution in [1.82, 2.24) is 5.32 Å². The topological polar surface area (TPSA) is 25.2 Å². The van der Waals surface area contributed by atoms with Gasteiger partial charge in [-0.1, -0.05) is 13.8 Å². The van der Waals surface area contributed by atoms with E-state index in [1.165, 1.54) is 24.1 Å². The molecule has 0 bridgehead atoms. The molecule has 2 aromatic heterocycles. The molecule has 1 atom stereocenters. The predicted molar refractivity (Wildman–Crippen MR) is 84.6 cm³/mol. The quantitative estimate of drug-likeness (QED) is 0.848. The number of fused-ring (bicyclic) bond motifs is 1. The van der Waals surface area contributed by atoms with Crippen LogP contribution in [0.1, 0.15) is 59.6 Å². The molecule has 1 aliphatic carbocycles. The molecule has 1 N–H and O–H groups in total. The van der Waals surface area contributed by atoms with Gasteiger partial charge in [-0.15, -0.1) is 11.3 Å². The average Bonchev–Trinajstić information content (AvgIpc) is 3.14. The summed E-state index contributed by atoms with van der Waals surface area (Å²) in [4.78, 5) is 3.01. The summed E-state index contributed by atoms with van der Waals surface area (Å²) in [5.74, 6) is 2.14. The van der Waals surface area contributed by atoms with Crippen LogP contribution in [0, 0.1) is 0 Å². The van der Waals surface area contributed by atoms with Crippen LogP contribution >= 0.6 is 11.3 Å². The Bertz CT molecular complexity index is 548. The first-order chi connectivity index (χ1) is 9.81. The van der Waals surface area contributed by atoms with Crippen LogP contribution in [0.5, 0.6) is 0 Å². The lowest BCUT2D eigenvalue weighted by atomic mass is 10.1. The fourth-order valence-electron chi connectivity index (χ4n) is 2.86. The van der Waals surface area contributed by atoms with Gasteiger partial charge < -0.3 is 9.73 Å². The molecule has 0 aromatic carbocycles. The number of thiophene rings is 1. The number of hydrogen-bond donors (Lipinski definition) is 1. The van der Waals surface area contributed by atoms with Gasteiger partial charge in [-0.05, 0) is 56.0 Å². The van der Waals surface area contributed by atoms with E-state index in [1.54, 1.807) is 10.4 Å². The maximum absolute atomic E-state index is 5.99. The Labute approximate surface area is 125 Å². The Morgan fingerprint density at radius 2 is 2.20 bits per heavy atom. The summed E-state index contributed by atoms with van der Waals surface area (Å²) in [5.41, 5.74) is 1.57. The van der Waals surface area contributed by atoms with Gasteiger partial charge in [-0.2, -0.15) is 0 Å². The third-order valence-corrected chi connectivity index (χ3v) is 5.27. The minimum absolute atomic E-state index is 0.228. The third-order valence-electron chi connectivity index (χ3n) is 3.96. The zero-order valence-corrected chi connectivity index (χ0v) is 13.2. The summed E-state index contributed by atoms with van der Waals surface area (Å²) in [6.45, 7) is 5.37. The van der Waals surface area contributed by atoms with Crippen LogP contribution in [0.4, 0.5) is 0 Å². The van der Waals surface area contributed by atoms with E-state index >= 15 is 0 Å². The largest absolute Gasteiger partial charge is 0.464 e. The highest BCUT2D eigenvalue weighted by molar-refractivity contribution is 7.12. The van der Waals surface area contributed by atoms with E-state index in [1.807, 2.05) is 11.3 Å². The first-order valence-electron chi connectivity index (χ1n) is 7.75. The van der Waals surface area contributed by atoms with Crippen molar-refractivity contribution in [2.75, 3.05) is 6.54 Å². The van der Waals surface area contributed by atoms with Crippen LogP contribution < -0.4 is 5.32 Å². The first kappa shape index (κ1) is 13.9. The normalized spacial score (nSPS) is 15.5. The summed E-state index contributed by atoms with van der Waals surface area (Å²) in [6.07, 6.45) is 5.95. The summed E-state index contributed by atoms with van der Waals surface area (Å²) >= 11 is 1.97. The minimum atomic E-state index is 0.228. The smallest absolute Gasteiger partial charge is 0.126 e. The van der Waals surface area contributed by atoms with Gasteiger partial charge in [0.25, 0.3) is 0 Å². The van der Waals surface area contributed by atoms with Crippen molar-refractivity contribution in [3.63, 3.8) is 0 Å². The van der Waals surface area contributed by atoms with Crippen LogP contribution in [0.3, 0.4) is 0 Å². The zero-order chi connectivity index (χ0) is 13.9. The molecule has 0 saturated heterocycles. The maximum atomic E-state index is 5.99. The molecule has 108 valence electrons. The molecule has 0 saturated carbocycles. The molecule has 0 fully saturated rings. The lowest BCUT2D eigenvalue weighted by Crippen LogP contribution is -2.22. The van der Waals surface area contributed by atoms with E-state index < -0.39 is 0 Å². The van der Waals surface area contributed by atoms with Crippen molar-refractivity contribution in [2.24, 2.45) is 0 Å². The van der Waals surface area contributed by atoms with E-state index in [4.69, 9.17) is 4.42 Å². The molecule has 0 radical (unpaired) electrons. The van der Waals surface area contributed by atoms with E-state index in [0.717, 1.165) is 30.9 Å². The van der Waals surface area contributed by atoms with Crippen molar-refractivity contribution in [2.45, 2.75) is 52.0 Å². The molecule has 2 nitrogen and oxygen atoms in total. The van der Waals surface area contributed by atoms with Crippen molar-refractivity contribution in [3.8, 4) is 0 Å². The summed E-state index contributed by atoms with van der Waals surface area (Å²) in [6, 6.07) is 6.87. The molecule has 3 heteroatoms. The van der Waals surface area contributed by atoms with Gasteiger partial charge in [0.05, 0.1) is 0 Å². The number of nitrogens with one attached hydrogen (secondary N) is 1. The minimum Gasteiger partial charge on any atom is -0.464 e.